The molecule has 0 saturated heterocycles. The van der Waals surface area contributed by atoms with Crippen LogP contribution in [0.2, 0.25) is 5.02 Å². The molecule has 0 N–H and O–H groups in total. The first-order valence-electron chi connectivity index (χ1n) is 7.26. The van der Waals surface area contributed by atoms with Crippen molar-refractivity contribution < 1.29 is 14.3 Å². The van der Waals surface area contributed by atoms with Gasteiger partial charge in [0.1, 0.15) is 5.75 Å². The van der Waals surface area contributed by atoms with Crippen LogP contribution in [-0.4, -0.2) is 11.8 Å². The van der Waals surface area contributed by atoms with E-state index in [1.807, 2.05) is 12.1 Å². The molecule has 3 nitrogen and oxygen atoms in total. The van der Waals surface area contributed by atoms with Crippen molar-refractivity contribution in [2.24, 2.45) is 5.92 Å². The third-order valence-electron chi connectivity index (χ3n) is 3.13. The topological polar surface area (TPSA) is 43.4 Å². The van der Waals surface area contributed by atoms with E-state index in [9.17, 15) is 9.59 Å². The van der Waals surface area contributed by atoms with Gasteiger partial charge in [-0.05, 0) is 35.9 Å². The fourth-order valence-corrected chi connectivity index (χ4v) is 1.95. The van der Waals surface area contributed by atoms with Crippen LogP contribution in [-0.2, 0) is 4.79 Å². The minimum atomic E-state index is -0.369. The largest absolute Gasteiger partial charge is 0.426 e. The summed E-state index contributed by atoms with van der Waals surface area (Å²) in [6.45, 7) is 3.49. The normalized spacial score (nSPS) is 11.0. The van der Waals surface area contributed by atoms with Gasteiger partial charge in [-0.25, -0.2) is 0 Å². The molecule has 0 bridgehead atoms. The quantitative estimate of drug-likeness (QED) is 0.343. The third-order valence-corrected chi connectivity index (χ3v) is 3.38. The molecule has 0 aliphatic rings. The van der Waals surface area contributed by atoms with Crippen LogP contribution in [0.1, 0.15) is 29.8 Å². The Kier molecular flexibility index (Phi) is 5.72. The maximum atomic E-state index is 12.4. The number of esters is 1. The predicted molar refractivity (Wildman–Crippen MR) is 91.7 cm³/mol. The molecule has 118 valence electrons. The summed E-state index contributed by atoms with van der Waals surface area (Å²) in [5, 5.41) is 0.638. The molecule has 0 unspecified atom stereocenters. The number of allylic oxidation sites excluding steroid dienone is 1. The molecule has 23 heavy (non-hydrogen) atoms. The second-order valence-electron chi connectivity index (χ2n) is 5.32. The lowest BCUT2D eigenvalue weighted by atomic mass is 10.1. The first-order valence-corrected chi connectivity index (χ1v) is 7.64. The molecule has 4 heteroatoms. The minimum absolute atomic E-state index is 0.230. The van der Waals surface area contributed by atoms with Crippen molar-refractivity contribution in [2.45, 2.75) is 13.8 Å². The van der Waals surface area contributed by atoms with Crippen molar-refractivity contribution in [3.63, 3.8) is 0 Å². The number of ether oxygens (including phenoxy) is 1. The van der Waals surface area contributed by atoms with E-state index in [0.29, 0.717) is 10.6 Å². The molecule has 0 atom stereocenters. The van der Waals surface area contributed by atoms with E-state index in [0.717, 1.165) is 5.56 Å². The molecular formula is C19H17ClO3. The Balaban J connectivity index is 2.19. The molecule has 0 amide bonds. The van der Waals surface area contributed by atoms with E-state index >= 15 is 0 Å². The van der Waals surface area contributed by atoms with Crippen LogP contribution in [0.25, 0.3) is 6.08 Å². The number of ketones is 1. The molecule has 0 aromatic heterocycles. The lowest BCUT2D eigenvalue weighted by Crippen LogP contribution is -2.16. The number of carbonyl (C=O) groups is 2. The summed E-state index contributed by atoms with van der Waals surface area (Å²) < 4.78 is 5.28. The summed E-state index contributed by atoms with van der Waals surface area (Å²) >= 11 is 5.83. The number of carbonyl (C=O) groups excluding carboxylic acids is 2. The van der Waals surface area contributed by atoms with Crippen molar-refractivity contribution in [1.82, 2.24) is 0 Å². The summed E-state index contributed by atoms with van der Waals surface area (Å²) in [5.74, 6) is -0.584. The van der Waals surface area contributed by atoms with Gasteiger partial charge in [0.05, 0.1) is 11.5 Å². The number of rotatable bonds is 5. The molecule has 2 aromatic carbocycles. The van der Waals surface area contributed by atoms with Gasteiger partial charge >= 0.3 is 5.97 Å². The van der Waals surface area contributed by atoms with Crippen LogP contribution in [0.4, 0.5) is 0 Å². The van der Waals surface area contributed by atoms with Gasteiger partial charge in [-0.15, -0.1) is 0 Å². The van der Waals surface area contributed by atoms with Crippen LogP contribution < -0.4 is 4.74 Å². The van der Waals surface area contributed by atoms with Gasteiger partial charge in [0.25, 0.3) is 0 Å². The van der Waals surface area contributed by atoms with Crippen LogP contribution in [0.5, 0.6) is 5.75 Å². The summed E-state index contributed by atoms with van der Waals surface area (Å²) in [4.78, 5) is 24.1. The van der Waals surface area contributed by atoms with E-state index in [-0.39, 0.29) is 23.4 Å². The summed E-state index contributed by atoms with van der Waals surface area (Å²) in [6, 6.07) is 13.8. The number of halogens is 1. The number of hydrogen-bond donors (Lipinski definition) is 0. The van der Waals surface area contributed by atoms with Gasteiger partial charge in [0, 0.05) is 5.02 Å². The van der Waals surface area contributed by atoms with Crippen LogP contribution in [0.3, 0.4) is 0 Å². The van der Waals surface area contributed by atoms with Crippen LogP contribution in [0, 0.1) is 5.92 Å². The van der Waals surface area contributed by atoms with E-state index in [1.54, 1.807) is 56.3 Å². The molecule has 0 saturated carbocycles. The molecule has 0 aliphatic carbocycles. The Morgan fingerprint density at radius 3 is 2.35 bits per heavy atom. The molecule has 0 heterocycles. The average Bonchev–Trinajstić information content (AvgIpc) is 2.54. The van der Waals surface area contributed by atoms with Crippen molar-refractivity contribution in [1.29, 1.82) is 0 Å². The van der Waals surface area contributed by atoms with Gasteiger partial charge in [0.2, 0.25) is 0 Å². The number of hydrogen-bond acceptors (Lipinski definition) is 3. The molecule has 2 rings (SSSR count). The van der Waals surface area contributed by atoms with Crippen molar-refractivity contribution >= 4 is 29.4 Å². The highest BCUT2D eigenvalue weighted by Gasteiger charge is 2.15. The van der Waals surface area contributed by atoms with E-state index in [1.165, 1.54) is 6.08 Å². The van der Waals surface area contributed by atoms with Crippen LogP contribution in [0.15, 0.2) is 54.6 Å². The van der Waals surface area contributed by atoms with Crippen LogP contribution >= 0.6 is 11.6 Å². The van der Waals surface area contributed by atoms with E-state index in [2.05, 4.69) is 0 Å². The maximum Gasteiger partial charge on any atom is 0.313 e. The highest BCUT2D eigenvalue weighted by atomic mass is 35.5. The highest BCUT2D eigenvalue weighted by molar-refractivity contribution is 6.30. The summed E-state index contributed by atoms with van der Waals surface area (Å²) in [7, 11) is 0. The Morgan fingerprint density at radius 2 is 1.70 bits per heavy atom. The third kappa shape index (κ3) is 4.80. The molecule has 0 radical (unpaired) electrons. The molecule has 0 spiro atoms. The zero-order valence-corrected chi connectivity index (χ0v) is 13.7. The van der Waals surface area contributed by atoms with E-state index < -0.39 is 0 Å². The summed E-state index contributed by atoms with van der Waals surface area (Å²) in [6.07, 6.45) is 3.14. The van der Waals surface area contributed by atoms with Gasteiger partial charge in [0.15, 0.2) is 5.78 Å². The second kappa shape index (κ2) is 7.75. The van der Waals surface area contributed by atoms with Gasteiger partial charge < -0.3 is 4.74 Å². The first kappa shape index (κ1) is 17.0. The zero-order chi connectivity index (χ0) is 16.8. The summed E-state index contributed by atoms with van der Waals surface area (Å²) in [5.41, 5.74) is 1.21. The molecule has 2 aromatic rings. The Bertz CT molecular complexity index is 731. The maximum absolute atomic E-state index is 12.4. The Labute approximate surface area is 140 Å². The fourth-order valence-electron chi connectivity index (χ4n) is 1.82. The molecule has 0 aliphatic heterocycles. The van der Waals surface area contributed by atoms with Crippen molar-refractivity contribution in [3.05, 3.63) is 70.8 Å². The van der Waals surface area contributed by atoms with Crippen molar-refractivity contribution in [3.8, 4) is 5.75 Å². The minimum Gasteiger partial charge on any atom is -0.426 e. The standard InChI is InChI=1S/C19H17ClO3/c1-13(2)19(22)23-18-6-4-3-5-16(18)17(21)12-9-14-7-10-15(20)11-8-14/h3-13H,1-2H3/b12-9+. The lowest BCUT2D eigenvalue weighted by molar-refractivity contribution is -0.137. The van der Waals surface area contributed by atoms with Crippen molar-refractivity contribution in [2.75, 3.05) is 0 Å². The Morgan fingerprint density at radius 1 is 1.04 bits per heavy atom. The van der Waals surface area contributed by atoms with E-state index in [4.69, 9.17) is 16.3 Å². The SMILES string of the molecule is CC(C)C(=O)Oc1ccccc1C(=O)/C=C/c1ccc(Cl)cc1. The van der Waals surface area contributed by atoms with Gasteiger partial charge in [-0.1, -0.05) is 55.8 Å². The highest BCUT2D eigenvalue weighted by Crippen LogP contribution is 2.21. The Hall–Kier alpha value is -2.39. The zero-order valence-electron chi connectivity index (χ0n) is 13.0. The predicted octanol–water partition coefficient (Wildman–Crippen LogP) is 4.80. The number of benzene rings is 2. The van der Waals surface area contributed by atoms with Gasteiger partial charge in [-0.2, -0.15) is 0 Å². The monoisotopic (exact) mass is 328 g/mol. The molecular weight excluding hydrogens is 312 g/mol. The fraction of sp³-hybridized carbons (Fsp3) is 0.158. The molecule has 0 fully saturated rings. The smallest absolute Gasteiger partial charge is 0.313 e. The lowest BCUT2D eigenvalue weighted by Gasteiger charge is -2.09. The number of para-hydroxylation sites is 1. The van der Waals surface area contributed by atoms with Gasteiger partial charge in [-0.3, -0.25) is 9.59 Å². The second-order valence-corrected chi connectivity index (χ2v) is 5.76. The first-order chi connectivity index (χ1) is 11.0. The average molecular weight is 329 g/mol.